The van der Waals surface area contributed by atoms with Crippen molar-refractivity contribution in [3.05, 3.63) is 48.0 Å². The van der Waals surface area contributed by atoms with Crippen LogP contribution < -0.4 is 10.8 Å². The molecule has 21 heavy (non-hydrogen) atoms. The topological polar surface area (TPSA) is 67.4 Å². The highest BCUT2D eigenvalue weighted by atomic mass is 16.7. The van der Waals surface area contributed by atoms with Crippen molar-refractivity contribution in [2.75, 3.05) is 13.2 Å². The van der Waals surface area contributed by atoms with Gasteiger partial charge in [-0.1, -0.05) is 42.5 Å². The first-order chi connectivity index (χ1) is 10.2. The quantitative estimate of drug-likeness (QED) is 0.792. The van der Waals surface area contributed by atoms with E-state index in [9.17, 15) is 9.59 Å². The number of rotatable bonds is 6. The zero-order valence-electron chi connectivity index (χ0n) is 11.9. The molecular formula is C16H18N2O3. The molecule has 2 aromatic carbocycles. The molecular weight excluding hydrogens is 268 g/mol. The number of carbonyl (C=O) groups excluding carboxylic acids is 2. The average molecular weight is 286 g/mol. The first kappa shape index (κ1) is 15.0. The molecule has 0 unspecified atom stereocenters. The van der Waals surface area contributed by atoms with Gasteiger partial charge in [0, 0.05) is 6.54 Å². The van der Waals surface area contributed by atoms with Gasteiger partial charge in [0.1, 0.15) is 0 Å². The van der Waals surface area contributed by atoms with Gasteiger partial charge in [-0.15, -0.1) is 0 Å². The van der Waals surface area contributed by atoms with Crippen LogP contribution in [0.3, 0.4) is 0 Å². The van der Waals surface area contributed by atoms with E-state index in [4.69, 9.17) is 4.84 Å². The summed E-state index contributed by atoms with van der Waals surface area (Å²) < 4.78 is 0. The third-order valence-electron chi connectivity index (χ3n) is 2.99. The van der Waals surface area contributed by atoms with Crippen molar-refractivity contribution in [3.63, 3.8) is 0 Å². The van der Waals surface area contributed by atoms with E-state index < -0.39 is 0 Å². The number of hydroxylamine groups is 1. The number of benzene rings is 2. The van der Waals surface area contributed by atoms with Crippen molar-refractivity contribution in [3.8, 4) is 0 Å². The van der Waals surface area contributed by atoms with Crippen LogP contribution in [0.15, 0.2) is 42.5 Å². The Morgan fingerprint density at radius 3 is 2.62 bits per heavy atom. The largest absolute Gasteiger partial charge is 0.354 e. The van der Waals surface area contributed by atoms with Gasteiger partial charge in [0.2, 0.25) is 11.8 Å². The van der Waals surface area contributed by atoms with Crippen LogP contribution in [-0.2, 0) is 20.8 Å². The highest BCUT2D eigenvalue weighted by Crippen LogP contribution is 2.18. The van der Waals surface area contributed by atoms with Crippen LogP contribution >= 0.6 is 0 Å². The van der Waals surface area contributed by atoms with Crippen molar-refractivity contribution in [2.24, 2.45) is 0 Å². The van der Waals surface area contributed by atoms with Gasteiger partial charge in [-0.2, -0.15) is 0 Å². The van der Waals surface area contributed by atoms with Gasteiger partial charge in [0.15, 0.2) is 6.61 Å². The third-order valence-corrected chi connectivity index (χ3v) is 2.99. The molecule has 2 aromatic rings. The number of likely N-dealkylation sites (N-methyl/N-ethyl adjacent to an activating group) is 1. The van der Waals surface area contributed by atoms with Gasteiger partial charge >= 0.3 is 0 Å². The molecule has 2 N–H and O–H groups in total. The molecule has 5 nitrogen and oxygen atoms in total. The van der Waals surface area contributed by atoms with Crippen molar-refractivity contribution in [2.45, 2.75) is 13.3 Å². The highest BCUT2D eigenvalue weighted by Gasteiger charge is 2.07. The van der Waals surface area contributed by atoms with E-state index in [1.54, 1.807) is 0 Å². The zero-order valence-corrected chi connectivity index (χ0v) is 11.9. The molecule has 0 aliphatic heterocycles. The molecule has 0 aliphatic carbocycles. The number of carbonyl (C=O) groups is 2. The van der Waals surface area contributed by atoms with Crippen LogP contribution in [0.4, 0.5) is 0 Å². The van der Waals surface area contributed by atoms with E-state index in [0.29, 0.717) is 6.54 Å². The Balaban J connectivity index is 1.91. The molecule has 0 aliphatic rings. The predicted molar refractivity (Wildman–Crippen MR) is 80.4 cm³/mol. The van der Waals surface area contributed by atoms with E-state index in [1.807, 2.05) is 49.4 Å². The van der Waals surface area contributed by atoms with Gasteiger partial charge in [0.05, 0.1) is 6.42 Å². The van der Waals surface area contributed by atoms with E-state index in [1.165, 1.54) is 0 Å². The standard InChI is InChI=1S/C16H18N2O3/c1-2-17-16(20)11-21-18-15(19)10-13-8-5-7-12-6-3-4-9-14(12)13/h3-9H,2,10-11H2,1H3,(H,17,20)(H,18,19). The fourth-order valence-electron chi connectivity index (χ4n) is 2.09. The lowest BCUT2D eigenvalue weighted by Crippen LogP contribution is -2.33. The minimum Gasteiger partial charge on any atom is -0.354 e. The SMILES string of the molecule is CCNC(=O)CONC(=O)Cc1cccc2ccccc12. The summed E-state index contributed by atoms with van der Waals surface area (Å²) in [6.45, 7) is 2.16. The molecule has 0 bridgehead atoms. The monoisotopic (exact) mass is 286 g/mol. The van der Waals surface area contributed by atoms with Crippen LogP contribution in [0, 0.1) is 0 Å². The fourth-order valence-corrected chi connectivity index (χ4v) is 2.09. The summed E-state index contributed by atoms with van der Waals surface area (Å²) in [7, 11) is 0. The first-order valence-corrected chi connectivity index (χ1v) is 6.84. The van der Waals surface area contributed by atoms with E-state index >= 15 is 0 Å². The van der Waals surface area contributed by atoms with Crippen molar-refractivity contribution in [1.29, 1.82) is 0 Å². The van der Waals surface area contributed by atoms with Gasteiger partial charge < -0.3 is 5.32 Å². The second-order valence-corrected chi connectivity index (χ2v) is 4.58. The predicted octanol–water partition coefficient (Wildman–Crippen LogP) is 1.57. The molecule has 0 spiro atoms. The lowest BCUT2D eigenvalue weighted by molar-refractivity contribution is -0.138. The van der Waals surface area contributed by atoms with E-state index in [0.717, 1.165) is 16.3 Å². The van der Waals surface area contributed by atoms with Crippen LogP contribution in [0.5, 0.6) is 0 Å². The lowest BCUT2D eigenvalue weighted by Gasteiger charge is -2.08. The Morgan fingerprint density at radius 2 is 1.81 bits per heavy atom. The smallest absolute Gasteiger partial charge is 0.248 e. The molecule has 0 aromatic heterocycles. The van der Waals surface area contributed by atoms with Crippen LogP contribution in [0.25, 0.3) is 10.8 Å². The number of nitrogens with one attached hydrogen (secondary N) is 2. The molecule has 0 atom stereocenters. The normalized spacial score (nSPS) is 10.3. The summed E-state index contributed by atoms with van der Waals surface area (Å²) in [6, 6.07) is 13.7. The Morgan fingerprint density at radius 1 is 1.05 bits per heavy atom. The molecule has 110 valence electrons. The molecule has 0 radical (unpaired) electrons. The van der Waals surface area contributed by atoms with Crippen molar-refractivity contribution in [1.82, 2.24) is 10.8 Å². The fraction of sp³-hybridized carbons (Fsp3) is 0.250. The van der Waals surface area contributed by atoms with Gasteiger partial charge in [0.25, 0.3) is 0 Å². The summed E-state index contributed by atoms with van der Waals surface area (Å²) in [5.74, 6) is -0.543. The summed E-state index contributed by atoms with van der Waals surface area (Å²) in [5, 5.41) is 4.71. The molecule has 0 fully saturated rings. The molecule has 0 heterocycles. The number of hydrogen-bond donors (Lipinski definition) is 2. The third kappa shape index (κ3) is 4.29. The molecule has 0 saturated carbocycles. The Kier molecular flexibility index (Phi) is 5.29. The first-order valence-electron chi connectivity index (χ1n) is 6.84. The lowest BCUT2D eigenvalue weighted by atomic mass is 10.0. The van der Waals surface area contributed by atoms with Gasteiger partial charge in [-0.25, -0.2) is 5.48 Å². The van der Waals surface area contributed by atoms with E-state index in [-0.39, 0.29) is 24.8 Å². The average Bonchev–Trinajstić information content (AvgIpc) is 2.48. The van der Waals surface area contributed by atoms with Gasteiger partial charge in [-0.3, -0.25) is 14.4 Å². The Hall–Kier alpha value is -2.40. The van der Waals surface area contributed by atoms with Crippen molar-refractivity contribution < 1.29 is 14.4 Å². The summed E-state index contributed by atoms with van der Waals surface area (Å²) in [6.07, 6.45) is 0.205. The number of fused-ring (bicyclic) bond motifs is 1. The maximum atomic E-state index is 11.8. The van der Waals surface area contributed by atoms with Crippen LogP contribution in [0.2, 0.25) is 0 Å². The Labute approximate surface area is 123 Å². The molecule has 2 rings (SSSR count). The molecule has 0 saturated heterocycles. The number of hydrogen-bond acceptors (Lipinski definition) is 3. The number of amides is 2. The zero-order chi connectivity index (χ0) is 15.1. The van der Waals surface area contributed by atoms with Crippen LogP contribution in [-0.4, -0.2) is 25.0 Å². The highest BCUT2D eigenvalue weighted by molar-refractivity contribution is 5.90. The van der Waals surface area contributed by atoms with Crippen LogP contribution in [0.1, 0.15) is 12.5 Å². The maximum absolute atomic E-state index is 11.8. The Bertz CT molecular complexity index is 635. The molecule has 2 amide bonds. The second-order valence-electron chi connectivity index (χ2n) is 4.58. The summed E-state index contributed by atoms with van der Waals surface area (Å²) in [4.78, 5) is 27.9. The summed E-state index contributed by atoms with van der Waals surface area (Å²) in [5.41, 5.74) is 3.21. The minimum atomic E-state index is -0.282. The second kappa shape index (κ2) is 7.40. The minimum absolute atomic E-state index is 0.185. The van der Waals surface area contributed by atoms with Gasteiger partial charge in [-0.05, 0) is 23.3 Å². The maximum Gasteiger partial charge on any atom is 0.248 e. The molecule has 5 heteroatoms. The van der Waals surface area contributed by atoms with E-state index in [2.05, 4.69) is 10.8 Å². The summed E-state index contributed by atoms with van der Waals surface area (Å²) >= 11 is 0. The van der Waals surface area contributed by atoms with Crippen molar-refractivity contribution >= 4 is 22.6 Å².